The van der Waals surface area contributed by atoms with E-state index in [-0.39, 0.29) is 77.7 Å². The van der Waals surface area contributed by atoms with Crippen LogP contribution in [0.2, 0.25) is 0 Å². The Kier molecular flexibility index (Phi) is 37.6. The molecule has 34 nitrogen and oxygen atoms in total. The molecule has 7 aromatic carbocycles. The lowest BCUT2D eigenvalue weighted by Gasteiger charge is -2.13. The lowest BCUT2D eigenvalue weighted by atomic mass is 10.1. The largest absolute Gasteiger partial charge is 0.508 e. The number of anilines is 10. The van der Waals surface area contributed by atoms with Crippen LogP contribution in [0.4, 0.5) is 58.4 Å². The van der Waals surface area contributed by atoms with Gasteiger partial charge in [-0.25, -0.2) is 0 Å². The molecule has 0 aliphatic heterocycles. The molecule has 0 aliphatic rings. The van der Waals surface area contributed by atoms with Crippen molar-refractivity contribution in [2.45, 2.75) is 25.7 Å². The van der Waals surface area contributed by atoms with E-state index in [0.29, 0.717) is 209 Å². The van der Waals surface area contributed by atoms with Gasteiger partial charge in [-0.15, -0.1) is 0 Å². The fourth-order valence-electron chi connectivity index (χ4n) is 9.93. The number of hydrogen-bond donors (Lipinski definition) is 10. The number of benzene rings is 7. The number of Topliss-reactive ketones (excluding diaryl/α,β-unsaturated/α-hetero) is 2. The van der Waals surface area contributed by atoms with Crippen LogP contribution in [0.5, 0.6) is 11.5 Å². The van der Waals surface area contributed by atoms with E-state index in [1.54, 1.807) is 84.9 Å². The number of rotatable bonds is 52. The second-order valence-corrected chi connectivity index (χ2v) is 23.5. The number of nitrogens with zero attached hydrogens (tertiary/aromatic N) is 12. The molecule has 0 atom stereocenters. The second kappa shape index (κ2) is 49.6. The van der Waals surface area contributed by atoms with Gasteiger partial charge in [-0.3, -0.25) is 19.2 Å². The molecule has 34 heteroatoms. The molecule has 0 radical (unpaired) electrons. The highest BCUT2D eigenvalue weighted by Crippen LogP contribution is 2.29. The molecule has 0 aliphatic carbocycles. The zero-order chi connectivity index (χ0) is 77.3. The first-order valence-electron chi connectivity index (χ1n) is 35.6. The third kappa shape index (κ3) is 32.5. The smallest absolute Gasteiger partial charge is 0.251 e. The normalized spacial score (nSPS) is 10.7. The zero-order valence-corrected chi connectivity index (χ0v) is 60.7. The van der Waals surface area contributed by atoms with E-state index in [2.05, 4.69) is 92.5 Å². The van der Waals surface area contributed by atoms with Gasteiger partial charge in [0.1, 0.15) is 11.5 Å². The molecule has 578 valence electrons. The van der Waals surface area contributed by atoms with E-state index in [0.717, 1.165) is 10.8 Å². The number of aromatic hydroxyl groups is 2. The van der Waals surface area contributed by atoms with Gasteiger partial charge in [-0.05, 0) is 114 Å². The minimum atomic E-state index is -0.251. The molecule has 2 aromatic heterocycles. The monoisotopic (exact) mass is 1510 g/mol. The third-order valence-corrected chi connectivity index (χ3v) is 15.3. The molecule has 0 bridgehead atoms. The van der Waals surface area contributed by atoms with Crippen molar-refractivity contribution in [2.24, 2.45) is 10.2 Å². The molecule has 9 aromatic rings. The first kappa shape index (κ1) is 83.4. The predicted molar refractivity (Wildman–Crippen MR) is 416 cm³/mol. The van der Waals surface area contributed by atoms with Crippen LogP contribution in [0.3, 0.4) is 0 Å². The summed E-state index contributed by atoms with van der Waals surface area (Å²) >= 11 is 0. The standard InChI is InChI=1S/C40H46N10O7.C36H44N10O7/c41-50-44-19-23-57-27-26-55-21-17-42-37(53)30-11-13-32(14-12-30)45-39-47-38(48-40(49-39)46-33-15-16-34-31(28-33)8-4-9-36(34)52)43-18-22-56-25-24-54-20-5-10-35(51)29-6-2-1-3-7-29;37-46-40-17-21-53-25-24-51-19-15-38-33(49)28-11-13-29(14-12-28)41-35-43-34(44-36(45-35)42-30-8-4-9-31(47)26-30)39-16-20-52-23-22-50-18-5-10-32(48)27-6-2-1-3-7-27/h1-4,6-9,11-16,28,52H,5,10,17-27H2,(H,42,53)(H3,43,45,46,47,48,49);1-4,6-9,11-14,26,47H,5,10,15-25H2,(H,38,49)(H3,39,41,42,43,44,45). The molecule has 2 heterocycles. The highest BCUT2D eigenvalue weighted by atomic mass is 16.5. The molecular formula is C76H90N20O14. The van der Waals surface area contributed by atoms with Crippen LogP contribution < -0.4 is 42.5 Å². The summed E-state index contributed by atoms with van der Waals surface area (Å²) in [4.78, 5) is 82.0. The Balaban J connectivity index is 0.000000277. The number of ketones is 2. The quantitative estimate of drug-likeness (QED) is 0.00556. The Morgan fingerprint density at radius 2 is 0.727 bits per heavy atom. The Hall–Kier alpha value is -12.2. The molecule has 0 saturated carbocycles. The Morgan fingerprint density at radius 1 is 0.355 bits per heavy atom. The minimum Gasteiger partial charge on any atom is -0.508 e. The maximum Gasteiger partial charge on any atom is 0.251 e. The molecular weight excluding hydrogens is 1420 g/mol. The van der Waals surface area contributed by atoms with Crippen LogP contribution in [-0.2, 0) is 37.9 Å². The van der Waals surface area contributed by atoms with Gasteiger partial charge >= 0.3 is 0 Å². The van der Waals surface area contributed by atoms with Crippen molar-refractivity contribution in [3.63, 3.8) is 0 Å². The minimum absolute atomic E-state index is 0.0872. The SMILES string of the molecule is [N-]=[N+]=NCCOCCOCCNC(=O)c1ccc(Nc2nc(NCCOCCOCCCC(=O)c3ccccc3)nc(Nc3ccc4c(O)cccc4c3)n2)cc1.[N-]=[N+]=NCCOCCOCCNC(=O)c1ccc(Nc2nc(NCCOCCOCCCC(=O)c3ccccc3)nc(Nc3cccc(O)c3)n2)cc1. The summed E-state index contributed by atoms with van der Waals surface area (Å²) in [6.45, 7) is 8.01. The van der Waals surface area contributed by atoms with Crippen molar-refractivity contribution in [3.05, 3.63) is 213 Å². The summed E-state index contributed by atoms with van der Waals surface area (Å²) in [6, 6.07) is 49.5. The summed E-state index contributed by atoms with van der Waals surface area (Å²) < 4.78 is 44.0. The summed E-state index contributed by atoms with van der Waals surface area (Å²) in [5.74, 6) is 1.56. The number of nitrogens with one attached hydrogen (secondary N) is 8. The summed E-state index contributed by atoms with van der Waals surface area (Å²) in [7, 11) is 0. The van der Waals surface area contributed by atoms with Gasteiger partial charge < -0.3 is 90.6 Å². The number of hydrogen-bond acceptors (Lipinski definition) is 28. The molecule has 0 fully saturated rings. The number of azide groups is 2. The Labute approximate surface area is 635 Å². The van der Waals surface area contributed by atoms with E-state index in [9.17, 15) is 29.4 Å². The molecule has 10 N–H and O–H groups in total. The predicted octanol–water partition coefficient (Wildman–Crippen LogP) is 11.6. The number of phenolic OH excluding ortho intramolecular Hbond substituents is 2. The molecule has 0 spiro atoms. The van der Waals surface area contributed by atoms with Crippen molar-refractivity contribution in [2.75, 3.05) is 177 Å². The fourth-order valence-corrected chi connectivity index (χ4v) is 9.93. The zero-order valence-electron chi connectivity index (χ0n) is 60.7. The number of amides is 2. The van der Waals surface area contributed by atoms with Crippen molar-refractivity contribution in [3.8, 4) is 11.5 Å². The lowest BCUT2D eigenvalue weighted by Crippen LogP contribution is -2.27. The maximum atomic E-state index is 12.7. The molecule has 0 saturated heterocycles. The molecule has 0 unspecified atom stereocenters. The van der Waals surface area contributed by atoms with Crippen LogP contribution in [-0.4, -0.2) is 208 Å². The van der Waals surface area contributed by atoms with Gasteiger partial charge in [0.15, 0.2) is 11.6 Å². The fraction of sp³-hybridized carbons (Fsp3) is 0.342. The van der Waals surface area contributed by atoms with Crippen molar-refractivity contribution in [1.29, 1.82) is 0 Å². The van der Waals surface area contributed by atoms with Crippen LogP contribution in [0.15, 0.2) is 180 Å². The average molecular weight is 1510 g/mol. The van der Waals surface area contributed by atoms with Crippen LogP contribution in [0.1, 0.15) is 67.1 Å². The van der Waals surface area contributed by atoms with Gasteiger partial charge in [0.25, 0.3) is 11.8 Å². The van der Waals surface area contributed by atoms with E-state index in [1.165, 1.54) is 0 Å². The van der Waals surface area contributed by atoms with Gasteiger partial charge in [0.2, 0.25) is 35.7 Å². The van der Waals surface area contributed by atoms with Crippen molar-refractivity contribution < 1.29 is 67.3 Å². The molecule has 2 amide bonds. The maximum absolute atomic E-state index is 12.7. The topological polar surface area (TPSA) is 454 Å². The first-order chi connectivity index (χ1) is 54.0. The lowest BCUT2D eigenvalue weighted by molar-refractivity contribution is 0.0496. The second-order valence-electron chi connectivity index (χ2n) is 23.5. The Morgan fingerprint density at radius 3 is 1.15 bits per heavy atom. The third-order valence-electron chi connectivity index (χ3n) is 15.3. The van der Waals surface area contributed by atoms with Crippen molar-refractivity contribution >= 4 is 92.6 Å². The molecule has 110 heavy (non-hydrogen) atoms. The van der Waals surface area contributed by atoms with E-state index < -0.39 is 0 Å². The molecule has 9 rings (SSSR count). The highest BCUT2D eigenvalue weighted by Gasteiger charge is 2.15. The van der Waals surface area contributed by atoms with E-state index in [1.807, 2.05) is 84.9 Å². The van der Waals surface area contributed by atoms with Gasteiger partial charge in [-0.2, -0.15) is 29.9 Å². The number of fused-ring (bicyclic) bond motifs is 1. The number of aromatic nitrogens is 6. The average Bonchev–Trinajstić information content (AvgIpc) is 0.814. The number of carbonyl (C=O) groups excluding carboxylic acids is 4. The number of phenols is 2. The van der Waals surface area contributed by atoms with Gasteiger partial charge in [-0.1, -0.05) is 89.1 Å². The van der Waals surface area contributed by atoms with E-state index >= 15 is 0 Å². The first-order valence-corrected chi connectivity index (χ1v) is 35.6. The van der Waals surface area contributed by atoms with Crippen LogP contribution >= 0.6 is 0 Å². The van der Waals surface area contributed by atoms with Gasteiger partial charge in [0, 0.05) is 132 Å². The number of carbonyl (C=O) groups is 4. The van der Waals surface area contributed by atoms with Crippen molar-refractivity contribution in [1.82, 2.24) is 40.5 Å². The van der Waals surface area contributed by atoms with Crippen LogP contribution in [0, 0.1) is 0 Å². The highest BCUT2D eigenvalue weighted by molar-refractivity contribution is 5.97. The van der Waals surface area contributed by atoms with E-state index in [4.69, 9.17) is 49.0 Å². The summed E-state index contributed by atoms with van der Waals surface area (Å²) in [5.41, 5.74) is 21.4. The van der Waals surface area contributed by atoms with Gasteiger partial charge in [0.05, 0.1) is 92.5 Å². The Bertz CT molecular complexity index is 4360. The summed E-state index contributed by atoms with van der Waals surface area (Å²) in [6.07, 6.45) is 2.14. The summed E-state index contributed by atoms with van der Waals surface area (Å²) in [5, 5.41) is 53.0. The van der Waals surface area contributed by atoms with Crippen LogP contribution in [0.25, 0.3) is 31.7 Å². The number of ether oxygens (including phenoxy) is 8.